The summed E-state index contributed by atoms with van der Waals surface area (Å²) in [5, 5.41) is 19.5. The van der Waals surface area contributed by atoms with Gasteiger partial charge in [-0.3, -0.25) is 0 Å². The van der Waals surface area contributed by atoms with Crippen LogP contribution < -0.4 is 0 Å². The third-order valence-corrected chi connectivity index (χ3v) is 3.35. The molecule has 0 radical (unpaired) electrons. The van der Waals surface area contributed by atoms with Crippen LogP contribution in [0.15, 0.2) is 24.3 Å². The maximum absolute atomic E-state index is 10.7. The van der Waals surface area contributed by atoms with Crippen molar-refractivity contribution in [3.8, 4) is 11.8 Å². The molecule has 94 valence electrons. The van der Waals surface area contributed by atoms with Gasteiger partial charge in [-0.2, -0.15) is 0 Å². The molecule has 2 N–H and O–H groups in total. The van der Waals surface area contributed by atoms with Crippen LogP contribution in [0, 0.1) is 11.8 Å². The van der Waals surface area contributed by atoms with Crippen LogP contribution in [0.2, 0.25) is 0 Å². The van der Waals surface area contributed by atoms with Gasteiger partial charge in [-0.05, 0) is 0 Å². The molecule has 1 saturated heterocycles. The van der Waals surface area contributed by atoms with E-state index in [9.17, 15) is 5.11 Å². The molecule has 18 heavy (non-hydrogen) atoms. The highest BCUT2D eigenvalue weighted by Gasteiger charge is 2.67. The smallest absolute Gasteiger partial charge is 0.241 e. The van der Waals surface area contributed by atoms with Crippen molar-refractivity contribution >= 4 is 0 Å². The van der Waals surface area contributed by atoms with Crippen LogP contribution in [0.5, 0.6) is 0 Å². The summed E-state index contributed by atoms with van der Waals surface area (Å²) in [6, 6.07) is 7.42. The predicted octanol–water partition coefficient (Wildman–Crippen LogP) is 0.473. The zero-order valence-electron chi connectivity index (χ0n) is 9.85. The van der Waals surface area contributed by atoms with Crippen molar-refractivity contribution in [2.45, 2.75) is 17.8 Å². The first-order valence-corrected chi connectivity index (χ1v) is 5.96. The zero-order chi connectivity index (χ0) is 12.6. The SMILES string of the molecule is OCCC#CC1(O)c2ccccc2C12OCCO2. The Labute approximate surface area is 105 Å². The number of fused-ring (bicyclic) bond motifs is 2. The Bertz CT molecular complexity index is 522. The van der Waals surface area contributed by atoms with E-state index in [-0.39, 0.29) is 6.61 Å². The lowest BCUT2D eigenvalue weighted by Crippen LogP contribution is -2.58. The van der Waals surface area contributed by atoms with Gasteiger partial charge in [-0.25, -0.2) is 0 Å². The van der Waals surface area contributed by atoms with Crippen LogP contribution in [0.4, 0.5) is 0 Å². The zero-order valence-corrected chi connectivity index (χ0v) is 9.85. The Morgan fingerprint density at radius 2 is 1.83 bits per heavy atom. The largest absolute Gasteiger partial charge is 0.395 e. The van der Waals surface area contributed by atoms with Gasteiger partial charge in [0.1, 0.15) is 0 Å². The summed E-state index contributed by atoms with van der Waals surface area (Å²) in [6.45, 7) is 0.857. The molecule has 1 aliphatic heterocycles. The Morgan fingerprint density at radius 3 is 2.50 bits per heavy atom. The normalized spacial score (nSPS) is 27.2. The van der Waals surface area contributed by atoms with E-state index in [0.29, 0.717) is 19.6 Å². The van der Waals surface area contributed by atoms with E-state index in [1.54, 1.807) is 0 Å². The molecule has 0 aromatic heterocycles. The maximum atomic E-state index is 10.7. The first-order chi connectivity index (χ1) is 8.74. The van der Waals surface area contributed by atoms with Gasteiger partial charge in [-0.1, -0.05) is 36.1 Å². The van der Waals surface area contributed by atoms with Crippen LogP contribution in [0.1, 0.15) is 17.5 Å². The van der Waals surface area contributed by atoms with Crippen LogP contribution >= 0.6 is 0 Å². The average Bonchev–Trinajstić information content (AvgIpc) is 2.91. The average molecular weight is 246 g/mol. The summed E-state index contributed by atoms with van der Waals surface area (Å²) in [5.74, 6) is 4.39. The lowest BCUT2D eigenvalue weighted by atomic mass is 9.67. The van der Waals surface area contributed by atoms with Crippen molar-refractivity contribution < 1.29 is 19.7 Å². The fraction of sp³-hybridized carbons (Fsp3) is 0.429. The summed E-state index contributed by atoms with van der Waals surface area (Å²) in [7, 11) is 0. The summed E-state index contributed by atoms with van der Waals surface area (Å²) >= 11 is 0. The number of benzene rings is 1. The molecule has 1 unspecified atom stereocenters. The summed E-state index contributed by atoms with van der Waals surface area (Å²) in [6.07, 6.45) is 0.320. The second-order valence-corrected chi connectivity index (χ2v) is 4.34. The van der Waals surface area contributed by atoms with Gasteiger partial charge in [0.05, 0.1) is 19.8 Å². The third-order valence-electron chi connectivity index (χ3n) is 3.35. The maximum Gasteiger partial charge on any atom is 0.241 e. The minimum absolute atomic E-state index is 0.0283. The standard InChI is InChI=1S/C14H14O4/c15-8-4-3-7-13(16)11-5-1-2-6-12(11)14(13)17-9-10-18-14/h1-2,5-6,15-16H,4,8-10H2. The van der Waals surface area contributed by atoms with E-state index in [2.05, 4.69) is 11.8 Å². The predicted molar refractivity (Wildman–Crippen MR) is 63.4 cm³/mol. The number of rotatable bonds is 1. The highest BCUT2D eigenvalue weighted by Crippen LogP contribution is 2.57. The molecule has 1 fully saturated rings. The van der Waals surface area contributed by atoms with Crippen molar-refractivity contribution in [1.82, 2.24) is 0 Å². The van der Waals surface area contributed by atoms with E-state index < -0.39 is 11.4 Å². The monoisotopic (exact) mass is 246 g/mol. The molecule has 1 atom stereocenters. The molecule has 4 nitrogen and oxygen atoms in total. The quantitative estimate of drug-likeness (QED) is 0.707. The van der Waals surface area contributed by atoms with Gasteiger partial charge in [-0.15, -0.1) is 0 Å². The molecule has 3 rings (SSSR count). The second-order valence-electron chi connectivity index (χ2n) is 4.34. The topological polar surface area (TPSA) is 58.9 Å². The number of ether oxygens (including phenoxy) is 2. The summed E-state index contributed by atoms with van der Waals surface area (Å²) in [4.78, 5) is 0. The molecule has 1 aromatic carbocycles. The lowest BCUT2D eigenvalue weighted by Gasteiger charge is -2.49. The van der Waals surface area contributed by atoms with Crippen molar-refractivity contribution in [1.29, 1.82) is 0 Å². The van der Waals surface area contributed by atoms with Crippen molar-refractivity contribution in [3.05, 3.63) is 35.4 Å². The number of aliphatic hydroxyl groups is 2. The van der Waals surface area contributed by atoms with E-state index >= 15 is 0 Å². The third kappa shape index (κ3) is 1.30. The highest BCUT2D eigenvalue weighted by molar-refractivity contribution is 5.54. The molecular weight excluding hydrogens is 232 g/mol. The molecule has 1 heterocycles. The number of hydrogen-bond acceptors (Lipinski definition) is 4. The molecular formula is C14H14O4. The Balaban J connectivity index is 2.06. The number of hydrogen-bond donors (Lipinski definition) is 2. The van der Waals surface area contributed by atoms with Gasteiger partial charge in [0.15, 0.2) is 0 Å². The molecule has 2 aliphatic rings. The van der Waals surface area contributed by atoms with E-state index in [0.717, 1.165) is 11.1 Å². The van der Waals surface area contributed by atoms with E-state index in [4.69, 9.17) is 14.6 Å². The summed E-state index contributed by atoms with van der Waals surface area (Å²) in [5.41, 5.74) is 0.121. The minimum atomic E-state index is -1.44. The molecule has 0 saturated carbocycles. The fourth-order valence-corrected chi connectivity index (χ4v) is 2.57. The molecule has 0 bridgehead atoms. The van der Waals surface area contributed by atoms with Gasteiger partial charge in [0, 0.05) is 17.5 Å². The van der Waals surface area contributed by atoms with Crippen molar-refractivity contribution in [2.24, 2.45) is 0 Å². The van der Waals surface area contributed by atoms with Gasteiger partial charge >= 0.3 is 0 Å². The van der Waals surface area contributed by atoms with Gasteiger partial charge in [0.25, 0.3) is 0 Å². The lowest BCUT2D eigenvalue weighted by molar-refractivity contribution is -0.287. The van der Waals surface area contributed by atoms with Crippen molar-refractivity contribution in [3.63, 3.8) is 0 Å². The second kappa shape index (κ2) is 4.08. The van der Waals surface area contributed by atoms with E-state index in [1.165, 1.54) is 0 Å². The van der Waals surface area contributed by atoms with Gasteiger partial charge in [0.2, 0.25) is 11.4 Å². The van der Waals surface area contributed by atoms with Crippen LogP contribution in [0.25, 0.3) is 0 Å². The van der Waals surface area contributed by atoms with Gasteiger partial charge < -0.3 is 19.7 Å². The Kier molecular flexibility index (Phi) is 2.65. The number of aliphatic hydroxyl groups excluding tert-OH is 1. The highest BCUT2D eigenvalue weighted by atomic mass is 16.8. The van der Waals surface area contributed by atoms with Crippen LogP contribution in [-0.4, -0.2) is 30.0 Å². The molecule has 1 aliphatic carbocycles. The van der Waals surface area contributed by atoms with Crippen molar-refractivity contribution in [2.75, 3.05) is 19.8 Å². The van der Waals surface area contributed by atoms with Crippen LogP contribution in [0.3, 0.4) is 0 Å². The van der Waals surface area contributed by atoms with E-state index in [1.807, 2.05) is 24.3 Å². The fourth-order valence-electron chi connectivity index (χ4n) is 2.57. The Hall–Kier alpha value is -1.38. The minimum Gasteiger partial charge on any atom is -0.395 e. The summed E-state index contributed by atoms with van der Waals surface area (Å²) < 4.78 is 11.2. The van der Waals surface area contributed by atoms with Crippen LogP contribution in [-0.2, 0) is 20.9 Å². The first-order valence-electron chi connectivity index (χ1n) is 5.96. The molecule has 1 aromatic rings. The first kappa shape index (κ1) is 11.7. The molecule has 1 spiro atoms. The molecule has 4 heteroatoms. The molecule has 0 amide bonds. The Morgan fingerprint density at radius 1 is 1.17 bits per heavy atom.